The molecule has 1 aromatic rings. The zero-order valence-corrected chi connectivity index (χ0v) is 12.2. The van der Waals surface area contributed by atoms with E-state index in [4.69, 9.17) is 4.74 Å². The van der Waals surface area contributed by atoms with Crippen LogP contribution in [-0.4, -0.2) is 19.7 Å². The third-order valence-corrected chi connectivity index (χ3v) is 3.07. The van der Waals surface area contributed by atoms with Gasteiger partial charge in [0.15, 0.2) is 0 Å². The van der Waals surface area contributed by atoms with Crippen LogP contribution in [0.1, 0.15) is 44.6 Å². The van der Waals surface area contributed by atoms with Crippen LogP contribution in [0.4, 0.5) is 4.39 Å². The highest BCUT2D eigenvalue weighted by atomic mass is 19.1. The van der Waals surface area contributed by atoms with Gasteiger partial charge in [-0.05, 0) is 63.0 Å². The average molecular weight is 267 g/mol. The van der Waals surface area contributed by atoms with Crippen molar-refractivity contribution in [3.05, 3.63) is 29.6 Å². The van der Waals surface area contributed by atoms with Crippen molar-refractivity contribution in [2.24, 2.45) is 0 Å². The van der Waals surface area contributed by atoms with Crippen molar-refractivity contribution in [1.82, 2.24) is 5.32 Å². The third-order valence-electron chi connectivity index (χ3n) is 3.07. The minimum Gasteiger partial charge on any atom is -0.494 e. The second-order valence-electron chi connectivity index (χ2n) is 4.92. The van der Waals surface area contributed by atoms with Gasteiger partial charge < -0.3 is 10.1 Å². The van der Waals surface area contributed by atoms with E-state index < -0.39 is 0 Å². The Morgan fingerprint density at radius 3 is 2.63 bits per heavy atom. The standard InChI is InChI=1S/C16H26FNO/c1-3-10-18-11-6-4-5-7-12-19-15-8-9-16(17)14(2)13-15/h8-9,13,18H,3-7,10-12H2,1-2H3. The van der Waals surface area contributed by atoms with Crippen LogP contribution in [0.25, 0.3) is 0 Å². The van der Waals surface area contributed by atoms with E-state index in [0.29, 0.717) is 12.2 Å². The highest BCUT2D eigenvalue weighted by Crippen LogP contribution is 2.16. The molecule has 0 heterocycles. The summed E-state index contributed by atoms with van der Waals surface area (Å²) in [6.07, 6.45) is 5.92. The van der Waals surface area contributed by atoms with Gasteiger partial charge in [-0.25, -0.2) is 4.39 Å². The molecule has 0 saturated carbocycles. The molecule has 0 saturated heterocycles. The molecule has 0 unspecified atom stereocenters. The number of halogens is 1. The van der Waals surface area contributed by atoms with Gasteiger partial charge >= 0.3 is 0 Å². The number of rotatable bonds is 10. The summed E-state index contributed by atoms with van der Waals surface area (Å²) in [5.41, 5.74) is 0.638. The summed E-state index contributed by atoms with van der Waals surface area (Å²) >= 11 is 0. The van der Waals surface area contributed by atoms with Gasteiger partial charge in [-0.1, -0.05) is 19.8 Å². The Hall–Kier alpha value is -1.09. The molecular formula is C16H26FNO. The SMILES string of the molecule is CCCNCCCCCCOc1ccc(F)c(C)c1. The van der Waals surface area contributed by atoms with Gasteiger partial charge in [0.1, 0.15) is 11.6 Å². The number of benzene rings is 1. The van der Waals surface area contributed by atoms with Crippen molar-refractivity contribution in [3.63, 3.8) is 0 Å². The molecule has 108 valence electrons. The first-order chi connectivity index (χ1) is 9.24. The quantitative estimate of drug-likeness (QED) is 0.645. The fraction of sp³-hybridized carbons (Fsp3) is 0.625. The van der Waals surface area contributed by atoms with E-state index in [-0.39, 0.29) is 5.82 Å². The molecule has 0 atom stereocenters. The summed E-state index contributed by atoms with van der Waals surface area (Å²) in [5, 5.41) is 3.40. The smallest absolute Gasteiger partial charge is 0.126 e. The summed E-state index contributed by atoms with van der Waals surface area (Å²) in [4.78, 5) is 0. The van der Waals surface area contributed by atoms with Crippen LogP contribution in [0, 0.1) is 12.7 Å². The zero-order chi connectivity index (χ0) is 13.9. The van der Waals surface area contributed by atoms with Gasteiger partial charge in [-0.3, -0.25) is 0 Å². The number of ether oxygens (including phenoxy) is 1. The van der Waals surface area contributed by atoms with Crippen LogP contribution in [0.5, 0.6) is 5.75 Å². The lowest BCUT2D eigenvalue weighted by atomic mass is 10.2. The summed E-state index contributed by atoms with van der Waals surface area (Å²) in [7, 11) is 0. The molecule has 1 N–H and O–H groups in total. The van der Waals surface area contributed by atoms with Crippen molar-refractivity contribution in [2.75, 3.05) is 19.7 Å². The molecule has 1 rings (SSSR count). The van der Waals surface area contributed by atoms with Crippen LogP contribution < -0.4 is 10.1 Å². The first-order valence-corrected chi connectivity index (χ1v) is 7.33. The summed E-state index contributed by atoms with van der Waals surface area (Å²) < 4.78 is 18.7. The minimum absolute atomic E-state index is 0.174. The molecule has 0 radical (unpaired) electrons. The predicted octanol–water partition coefficient (Wildman–Crippen LogP) is 4.07. The zero-order valence-electron chi connectivity index (χ0n) is 12.2. The molecule has 0 bridgehead atoms. The highest BCUT2D eigenvalue weighted by molar-refractivity contribution is 5.28. The number of hydrogen-bond acceptors (Lipinski definition) is 2. The summed E-state index contributed by atoms with van der Waals surface area (Å²) in [5.74, 6) is 0.593. The van der Waals surface area contributed by atoms with Gasteiger partial charge in [-0.2, -0.15) is 0 Å². The molecule has 19 heavy (non-hydrogen) atoms. The maximum absolute atomic E-state index is 13.1. The summed E-state index contributed by atoms with van der Waals surface area (Å²) in [6, 6.07) is 4.91. The van der Waals surface area contributed by atoms with Gasteiger partial charge in [0.05, 0.1) is 6.61 Å². The second kappa shape index (κ2) is 9.79. The Morgan fingerprint density at radius 1 is 1.11 bits per heavy atom. The molecule has 0 spiro atoms. The van der Waals surface area contributed by atoms with E-state index in [1.807, 2.05) is 0 Å². The highest BCUT2D eigenvalue weighted by Gasteiger charge is 1.99. The molecule has 0 aromatic heterocycles. The topological polar surface area (TPSA) is 21.3 Å². The molecule has 0 fully saturated rings. The molecule has 2 nitrogen and oxygen atoms in total. The fourth-order valence-corrected chi connectivity index (χ4v) is 1.90. The Kier molecular flexibility index (Phi) is 8.23. The van der Waals surface area contributed by atoms with Gasteiger partial charge in [0, 0.05) is 0 Å². The Bertz CT molecular complexity index is 355. The number of hydrogen-bond donors (Lipinski definition) is 1. The van der Waals surface area contributed by atoms with Crippen molar-refractivity contribution >= 4 is 0 Å². The Labute approximate surface area is 116 Å². The van der Waals surface area contributed by atoms with E-state index in [2.05, 4.69) is 12.2 Å². The molecular weight excluding hydrogens is 241 g/mol. The monoisotopic (exact) mass is 267 g/mol. The predicted molar refractivity (Wildman–Crippen MR) is 78.3 cm³/mol. The lowest BCUT2D eigenvalue weighted by Crippen LogP contribution is -2.15. The van der Waals surface area contributed by atoms with Crippen LogP contribution in [-0.2, 0) is 0 Å². The van der Waals surface area contributed by atoms with Crippen LogP contribution >= 0.6 is 0 Å². The fourth-order valence-electron chi connectivity index (χ4n) is 1.90. The van der Waals surface area contributed by atoms with Gasteiger partial charge in [-0.15, -0.1) is 0 Å². The van der Waals surface area contributed by atoms with E-state index >= 15 is 0 Å². The minimum atomic E-state index is -0.174. The van der Waals surface area contributed by atoms with Crippen molar-refractivity contribution in [1.29, 1.82) is 0 Å². The molecule has 0 aliphatic rings. The van der Waals surface area contributed by atoms with Crippen molar-refractivity contribution in [3.8, 4) is 5.75 Å². The number of aryl methyl sites for hydroxylation is 1. The van der Waals surface area contributed by atoms with E-state index in [0.717, 1.165) is 25.3 Å². The number of nitrogens with one attached hydrogen (secondary N) is 1. The lowest BCUT2D eigenvalue weighted by Gasteiger charge is -2.07. The van der Waals surface area contributed by atoms with Crippen LogP contribution in [0.3, 0.4) is 0 Å². The average Bonchev–Trinajstić information content (AvgIpc) is 2.41. The molecule has 0 aliphatic heterocycles. The Morgan fingerprint density at radius 2 is 1.89 bits per heavy atom. The van der Waals surface area contributed by atoms with Crippen molar-refractivity contribution in [2.45, 2.75) is 46.0 Å². The molecule has 1 aromatic carbocycles. The lowest BCUT2D eigenvalue weighted by molar-refractivity contribution is 0.304. The normalized spacial score (nSPS) is 10.7. The van der Waals surface area contributed by atoms with Crippen LogP contribution in [0.15, 0.2) is 18.2 Å². The first-order valence-electron chi connectivity index (χ1n) is 7.33. The Balaban J connectivity index is 2.00. The first kappa shape index (κ1) is 16.0. The summed E-state index contributed by atoms with van der Waals surface area (Å²) in [6.45, 7) is 6.89. The van der Waals surface area contributed by atoms with E-state index in [1.54, 1.807) is 19.1 Å². The van der Waals surface area contributed by atoms with Crippen molar-refractivity contribution < 1.29 is 9.13 Å². The molecule has 0 aliphatic carbocycles. The van der Waals surface area contributed by atoms with Crippen LogP contribution in [0.2, 0.25) is 0 Å². The largest absolute Gasteiger partial charge is 0.494 e. The number of unbranched alkanes of at least 4 members (excludes halogenated alkanes) is 3. The van der Waals surface area contributed by atoms with Gasteiger partial charge in [0.25, 0.3) is 0 Å². The third kappa shape index (κ3) is 7.16. The maximum Gasteiger partial charge on any atom is 0.126 e. The maximum atomic E-state index is 13.1. The molecule has 3 heteroatoms. The second-order valence-corrected chi connectivity index (χ2v) is 4.92. The van der Waals surface area contributed by atoms with E-state index in [1.165, 1.54) is 31.7 Å². The van der Waals surface area contributed by atoms with Gasteiger partial charge in [0.2, 0.25) is 0 Å². The van der Waals surface area contributed by atoms with E-state index in [9.17, 15) is 4.39 Å². The molecule has 0 amide bonds.